The predicted octanol–water partition coefficient (Wildman–Crippen LogP) is 5.67. The third-order valence-corrected chi connectivity index (χ3v) is 5.69. The molecule has 0 N–H and O–H groups in total. The van der Waals surface area contributed by atoms with Gasteiger partial charge in [-0.3, -0.25) is 4.57 Å². The van der Waals surface area contributed by atoms with Gasteiger partial charge in [-0.1, -0.05) is 72.4 Å². The van der Waals surface area contributed by atoms with Gasteiger partial charge in [0.1, 0.15) is 5.75 Å². The fourth-order valence-corrected chi connectivity index (χ4v) is 4.08. The second kappa shape index (κ2) is 9.43. The Morgan fingerprint density at radius 1 is 0.828 bits per heavy atom. The van der Waals surface area contributed by atoms with Crippen molar-refractivity contribution in [2.24, 2.45) is 0 Å². The number of thioether (sulfide) groups is 1. The molecule has 4 nitrogen and oxygen atoms in total. The molecule has 0 aliphatic carbocycles. The van der Waals surface area contributed by atoms with Gasteiger partial charge in [0.25, 0.3) is 0 Å². The molecule has 4 rings (SSSR count). The Morgan fingerprint density at radius 2 is 1.52 bits per heavy atom. The van der Waals surface area contributed by atoms with E-state index in [1.54, 1.807) is 18.9 Å². The van der Waals surface area contributed by atoms with Crippen LogP contribution in [0, 0.1) is 0 Å². The fraction of sp³-hybridized carbons (Fsp3) is 0.167. The van der Waals surface area contributed by atoms with Crippen molar-refractivity contribution in [1.29, 1.82) is 0 Å². The Balaban J connectivity index is 1.57. The van der Waals surface area contributed by atoms with Gasteiger partial charge in [0.15, 0.2) is 11.0 Å². The fourth-order valence-electron chi connectivity index (χ4n) is 3.19. The van der Waals surface area contributed by atoms with E-state index in [4.69, 9.17) is 4.74 Å². The Kier molecular flexibility index (Phi) is 6.27. The molecule has 0 aliphatic rings. The van der Waals surface area contributed by atoms with Crippen molar-refractivity contribution in [1.82, 2.24) is 14.8 Å². The SMILES string of the molecule is COc1ccc(-n2c(SCCCc3ccccc3)nnc2-c2ccccc2)cc1. The van der Waals surface area contributed by atoms with Crippen LogP contribution in [0.25, 0.3) is 17.1 Å². The van der Waals surface area contributed by atoms with Crippen molar-refractivity contribution in [2.45, 2.75) is 18.0 Å². The van der Waals surface area contributed by atoms with Gasteiger partial charge in [-0.05, 0) is 42.7 Å². The van der Waals surface area contributed by atoms with E-state index in [0.717, 1.165) is 46.6 Å². The number of rotatable bonds is 8. The van der Waals surface area contributed by atoms with Crippen LogP contribution < -0.4 is 4.74 Å². The molecular formula is C24H23N3OS. The molecule has 0 saturated heterocycles. The molecular weight excluding hydrogens is 378 g/mol. The lowest BCUT2D eigenvalue weighted by Crippen LogP contribution is -2.00. The minimum atomic E-state index is 0.833. The summed E-state index contributed by atoms with van der Waals surface area (Å²) in [6.45, 7) is 0. The molecule has 146 valence electrons. The van der Waals surface area contributed by atoms with Gasteiger partial charge in [-0.15, -0.1) is 10.2 Å². The Hall–Kier alpha value is -3.05. The molecule has 0 atom stereocenters. The number of ether oxygens (including phenoxy) is 1. The zero-order chi connectivity index (χ0) is 19.9. The first-order valence-corrected chi connectivity index (χ1v) is 10.7. The van der Waals surface area contributed by atoms with Crippen LogP contribution in [0.1, 0.15) is 12.0 Å². The first kappa shape index (κ1) is 19.3. The largest absolute Gasteiger partial charge is 0.497 e. The van der Waals surface area contributed by atoms with Gasteiger partial charge in [-0.2, -0.15) is 0 Å². The van der Waals surface area contributed by atoms with Crippen LogP contribution in [0.15, 0.2) is 90.1 Å². The summed E-state index contributed by atoms with van der Waals surface area (Å²) in [5.74, 6) is 2.67. The van der Waals surface area contributed by atoms with Gasteiger partial charge in [0, 0.05) is 17.0 Å². The number of benzene rings is 3. The predicted molar refractivity (Wildman–Crippen MR) is 119 cm³/mol. The van der Waals surface area contributed by atoms with Crippen LogP contribution in [-0.4, -0.2) is 27.6 Å². The van der Waals surface area contributed by atoms with E-state index >= 15 is 0 Å². The molecule has 0 saturated carbocycles. The van der Waals surface area contributed by atoms with Gasteiger partial charge < -0.3 is 4.74 Å². The number of nitrogens with zero attached hydrogens (tertiary/aromatic N) is 3. The maximum atomic E-state index is 5.31. The van der Waals surface area contributed by atoms with Crippen molar-refractivity contribution in [3.63, 3.8) is 0 Å². The molecule has 3 aromatic carbocycles. The summed E-state index contributed by atoms with van der Waals surface area (Å²) in [5, 5.41) is 9.91. The molecule has 0 unspecified atom stereocenters. The third-order valence-electron chi connectivity index (χ3n) is 4.68. The normalized spacial score (nSPS) is 10.8. The first-order chi connectivity index (χ1) is 14.3. The molecule has 0 fully saturated rings. The minimum Gasteiger partial charge on any atom is -0.497 e. The lowest BCUT2D eigenvalue weighted by Gasteiger charge is -2.11. The highest BCUT2D eigenvalue weighted by Gasteiger charge is 2.16. The topological polar surface area (TPSA) is 39.9 Å². The van der Waals surface area contributed by atoms with E-state index < -0.39 is 0 Å². The molecule has 0 radical (unpaired) electrons. The zero-order valence-corrected chi connectivity index (χ0v) is 17.2. The maximum absolute atomic E-state index is 5.31. The summed E-state index contributed by atoms with van der Waals surface area (Å²) in [7, 11) is 1.68. The Labute approximate surface area is 175 Å². The molecule has 5 heteroatoms. The van der Waals surface area contributed by atoms with Crippen molar-refractivity contribution in [3.8, 4) is 22.8 Å². The molecule has 0 aliphatic heterocycles. The van der Waals surface area contributed by atoms with E-state index in [1.807, 2.05) is 42.5 Å². The second-order valence-corrected chi connectivity index (χ2v) is 7.71. The standard InChI is InChI=1S/C24H23N3OS/c1-28-22-16-14-21(15-17-22)27-23(20-12-6-3-7-13-20)25-26-24(27)29-18-8-11-19-9-4-2-5-10-19/h2-7,9-10,12-17H,8,11,18H2,1H3. The molecule has 1 aromatic heterocycles. The van der Waals surface area contributed by atoms with Crippen molar-refractivity contribution < 1.29 is 4.74 Å². The van der Waals surface area contributed by atoms with Gasteiger partial charge in [-0.25, -0.2) is 0 Å². The minimum absolute atomic E-state index is 0.833. The first-order valence-electron chi connectivity index (χ1n) is 9.67. The van der Waals surface area contributed by atoms with E-state index in [1.165, 1.54) is 5.56 Å². The molecule has 1 heterocycles. The van der Waals surface area contributed by atoms with E-state index in [9.17, 15) is 0 Å². The van der Waals surface area contributed by atoms with E-state index in [0.29, 0.717) is 0 Å². The monoisotopic (exact) mass is 401 g/mol. The van der Waals surface area contributed by atoms with Crippen LogP contribution in [0.2, 0.25) is 0 Å². The number of aryl methyl sites for hydroxylation is 1. The highest BCUT2D eigenvalue weighted by Crippen LogP contribution is 2.29. The lowest BCUT2D eigenvalue weighted by atomic mass is 10.1. The summed E-state index contributed by atoms with van der Waals surface area (Å²) >= 11 is 1.74. The average Bonchev–Trinajstić information content (AvgIpc) is 3.22. The van der Waals surface area contributed by atoms with Crippen molar-refractivity contribution in [2.75, 3.05) is 12.9 Å². The second-order valence-electron chi connectivity index (χ2n) is 6.64. The third kappa shape index (κ3) is 4.69. The zero-order valence-electron chi connectivity index (χ0n) is 16.4. The summed E-state index contributed by atoms with van der Waals surface area (Å²) < 4.78 is 7.43. The number of aromatic nitrogens is 3. The molecule has 0 spiro atoms. The summed E-state index contributed by atoms with van der Waals surface area (Å²) in [6.07, 6.45) is 2.15. The molecule has 0 bridgehead atoms. The van der Waals surface area contributed by atoms with Crippen LogP contribution in [0.5, 0.6) is 5.75 Å². The summed E-state index contributed by atoms with van der Waals surface area (Å²) in [4.78, 5) is 0. The van der Waals surface area contributed by atoms with Gasteiger partial charge in [0.05, 0.1) is 7.11 Å². The number of methoxy groups -OCH3 is 1. The number of hydrogen-bond donors (Lipinski definition) is 0. The van der Waals surface area contributed by atoms with Gasteiger partial charge in [0.2, 0.25) is 0 Å². The van der Waals surface area contributed by atoms with Crippen molar-refractivity contribution in [3.05, 3.63) is 90.5 Å². The van der Waals surface area contributed by atoms with Crippen molar-refractivity contribution >= 4 is 11.8 Å². The maximum Gasteiger partial charge on any atom is 0.196 e. The molecule has 4 aromatic rings. The molecule has 0 amide bonds. The average molecular weight is 402 g/mol. The van der Waals surface area contributed by atoms with Crippen LogP contribution >= 0.6 is 11.8 Å². The highest BCUT2D eigenvalue weighted by molar-refractivity contribution is 7.99. The lowest BCUT2D eigenvalue weighted by molar-refractivity contribution is 0.414. The Morgan fingerprint density at radius 3 is 2.21 bits per heavy atom. The molecule has 29 heavy (non-hydrogen) atoms. The van der Waals surface area contributed by atoms with Crippen LogP contribution in [0.3, 0.4) is 0 Å². The smallest absolute Gasteiger partial charge is 0.196 e. The number of hydrogen-bond acceptors (Lipinski definition) is 4. The summed E-state index contributed by atoms with van der Waals surface area (Å²) in [6, 6.07) is 28.8. The van der Waals surface area contributed by atoms with Crippen LogP contribution in [0.4, 0.5) is 0 Å². The Bertz CT molecular complexity index is 1030. The van der Waals surface area contributed by atoms with Gasteiger partial charge >= 0.3 is 0 Å². The summed E-state index contributed by atoms with van der Waals surface area (Å²) in [5.41, 5.74) is 3.45. The van der Waals surface area contributed by atoms with E-state index in [-0.39, 0.29) is 0 Å². The van der Waals surface area contributed by atoms with Crippen LogP contribution in [-0.2, 0) is 6.42 Å². The quantitative estimate of drug-likeness (QED) is 0.282. The van der Waals surface area contributed by atoms with E-state index in [2.05, 4.69) is 57.2 Å². The highest BCUT2D eigenvalue weighted by atomic mass is 32.2.